The molecule has 0 atom stereocenters. The van der Waals surface area contributed by atoms with Crippen molar-refractivity contribution in [2.75, 3.05) is 0 Å². The molecule has 74 valence electrons. The number of halogens is 2. The normalized spacial score (nSPS) is 11.0. The van der Waals surface area contributed by atoms with Crippen molar-refractivity contribution in [1.82, 2.24) is 0 Å². The van der Waals surface area contributed by atoms with E-state index in [0.29, 0.717) is 0 Å². The summed E-state index contributed by atoms with van der Waals surface area (Å²) in [4.78, 5) is -0.487. The maximum Gasteiger partial charge on any atom is 0.262 e. The van der Waals surface area contributed by atoms with Gasteiger partial charge in [0.15, 0.2) is 0 Å². The lowest BCUT2D eigenvalue weighted by Crippen LogP contribution is -1.98. The standard InChI is InChI=1S/C8H5ClFNO2S/c1-5-2-6(10)3-8(7(5)4-11)14(9,12)13/h2-3H,1H3. The number of aryl methyl sites for hydroxylation is 1. The van der Waals surface area contributed by atoms with E-state index < -0.39 is 19.8 Å². The Morgan fingerprint density at radius 1 is 1.50 bits per heavy atom. The van der Waals surface area contributed by atoms with E-state index in [9.17, 15) is 12.8 Å². The van der Waals surface area contributed by atoms with Crippen molar-refractivity contribution in [2.45, 2.75) is 11.8 Å². The first kappa shape index (κ1) is 11.0. The van der Waals surface area contributed by atoms with Crippen molar-refractivity contribution in [3.05, 3.63) is 29.1 Å². The van der Waals surface area contributed by atoms with Crippen LogP contribution < -0.4 is 0 Å². The molecule has 0 aromatic heterocycles. The Hall–Kier alpha value is -1.12. The van der Waals surface area contributed by atoms with Crippen molar-refractivity contribution >= 4 is 19.7 Å². The zero-order valence-corrected chi connectivity index (χ0v) is 8.66. The van der Waals surface area contributed by atoms with Crippen molar-refractivity contribution in [1.29, 1.82) is 5.26 Å². The smallest absolute Gasteiger partial charge is 0.207 e. The van der Waals surface area contributed by atoms with E-state index in [-0.39, 0.29) is 11.1 Å². The summed E-state index contributed by atoms with van der Waals surface area (Å²) in [7, 11) is 0.960. The molecule has 1 rings (SSSR count). The SMILES string of the molecule is Cc1cc(F)cc(S(=O)(=O)Cl)c1C#N. The summed E-state index contributed by atoms with van der Waals surface area (Å²) < 4.78 is 34.8. The van der Waals surface area contributed by atoms with Gasteiger partial charge in [0.2, 0.25) is 0 Å². The third kappa shape index (κ3) is 2.03. The molecule has 0 bridgehead atoms. The molecule has 6 heteroatoms. The molecule has 0 saturated heterocycles. The second-order valence-corrected chi connectivity index (χ2v) is 5.18. The highest BCUT2D eigenvalue weighted by atomic mass is 35.7. The lowest BCUT2D eigenvalue weighted by molar-refractivity contribution is 0.601. The third-order valence-corrected chi connectivity index (χ3v) is 2.98. The average molecular weight is 234 g/mol. The molecule has 0 radical (unpaired) electrons. The van der Waals surface area contributed by atoms with E-state index in [2.05, 4.69) is 0 Å². The van der Waals surface area contributed by atoms with Gasteiger partial charge in [0.1, 0.15) is 16.8 Å². The van der Waals surface area contributed by atoms with Crippen LogP contribution in [-0.4, -0.2) is 8.42 Å². The number of benzene rings is 1. The number of nitriles is 1. The summed E-state index contributed by atoms with van der Waals surface area (Å²) in [5, 5.41) is 8.66. The lowest BCUT2D eigenvalue weighted by atomic mass is 10.1. The van der Waals surface area contributed by atoms with Crippen molar-refractivity contribution in [3.63, 3.8) is 0 Å². The highest BCUT2D eigenvalue weighted by molar-refractivity contribution is 8.13. The second kappa shape index (κ2) is 3.56. The van der Waals surface area contributed by atoms with E-state index in [1.807, 2.05) is 0 Å². The molecule has 0 saturated carbocycles. The van der Waals surface area contributed by atoms with E-state index in [1.54, 1.807) is 6.07 Å². The second-order valence-electron chi connectivity index (χ2n) is 2.65. The molecule has 14 heavy (non-hydrogen) atoms. The van der Waals surface area contributed by atoms with Crippen LogP contribution >= 0.6 is 10.7 Å². The summed E-state index contributed by atoms with van der Waals surface area (Å²) in [6.07, 6.45) is 0. The lowest BCUT2D eigenvalue weighted by Gasteiger charge is -2.02. The van der Waals surface area contributed by atoms with Crippen molar-refractivity contribution < 1.29 is 12.8 Å². The highest BCUT2D eigenvalue weighted by Crippen LogP contribution is 2.23. The first-order valence-corrected chi connectivity index (χ1v) is 5.82. The van der Waals surface area contributed by atoms with Crippen LogP contribution in [0.25, 0.3) is 0 Å². The van der Waals surface area contributed by atoms with Crippen LogP contribution in [0.5, 0.6) is 0 Å². The molecule has 0 aliphatic heterocycles. The van der Waals surface area contributed by atoms with Gasteiger partial charge in [-0.15, -0.1) is 0 Å². The molecule has 0 N–H and O–H groups in total. The van der Waals surface area contributed by atoms with Gasteiger partial charge >= 0.3 is 0 Å². The molecule has 0 aliphatic rings. The minimum atomic E-state index is -4.08. The van der Waals surface area contributed by atoms with E-state index >= 15 is 0 Å². The summed E-state index contributed by atoms with van der Waals surface area (Å²) >= 11 is 0. The summed E-state index contributed by atoms with van der Waals surface area (Å²) in [5.41, 5.74) is 0.119. The molecule has 0 amide bonds. The zero-order valence-electron chi connectivity index (χ0n) is 7.08. The fraction of sp³-hybridized carbons (Fsp3) is 0.125. The van der Waals surface area contributed by atoms with E-state index in [1.165, 1.54) is 6.92 Å². The summed E-state index contributed by atoms with van der Waals surface area (Å²) in [6, 6.07) is 3.47. The number of rotatable bonds is 1. The Morgan fingerprint density at radius 3 is 2.50 bits per heavy atom. The monoisotopic (exact) mass is 233 g/mol. The first-order valence-electron chi connectivity index (χ1n) is 3.51. The minimum absolute atomic E-state index is 0.124. The highest BCUT2D eigenvalue weighted by Gasteiger charge is 2.18. The molecule has 0 heterocycles. The molecule has 3 nitrogen and oxygen atoms in total. The van der Waals surface area contributed by atoms with Gasteiger partial charge in [-0.2, -0.15) is 5.26 Å². The van der Waals surface area contributed by atoms with Crippen LogP contribution in [-0.2, 0) is 9.05 Å². The van der Waals surface area contributed by atoms with E-state index in [0.717, 1.165) is 12.1 Å². The van der Waals surface area contributed by atoms with Crippen molar-refractivity contribution in [3.8, 4) is 6.07 Å². The van der Waals surface area contributed by atoms with Crippen LogP contribution in [0.15, 0.2) is 17.0 Å². The fourth-order valence-electron chi connectivity index (χ4n) is 1.05. The third-order valence-electron chi connectivity index (χ3n) is 1.64. The van der Waals surface area contributed by atoms with Crippen LogP contribution in [0.1, 0.15) is 11.1 Å². The maximum atomic E-state index is 12.8. The van der Waals surface area contributed by atoms with Gasteiger partial charge in [0, 0.05) is 10.7 Å². The van der Waals surface area contributed by atoms with Gasteiger partial charge in [0.05, 0.1) is 5.56 Å². The summed E-state index contributed by atoms with van der Waals surface area (Å²) in [6.45, 7) is 1.44. The molecule has 0 unspecified atom stereocenters. The van der Waals surface area contributed by atoms with Gasteiger partial charge in [-0.1, -0.05) is 0 Å². The maximum absolute atomic E-state index is 12.8. The predicted octanol–water partition coefficient (Wildman–Crippen LogP) is 1.93. The minimum Gasteiger partial charge on any atom is -0.207 e. The molecule has 0 fully saturated rings. The number of nitrogens with zero attached hydrogens (tertiary/aromatic N) is 1. The molecular formula is C8H5ClFNO2S. The van der Waals surface area contributed by atoms with E-state index in [4.69, 9.17) is 15.9 Å². The first-order chi connectivity index (χ1) is 6.36. The fourth-order valence-corrected chi connectivity index (χ4v) is 2.12. The molecular weight excluding hydrogens is 229 g/mol. The summed E-state index contributed by atoms with van der Waals surface area (Å²) in [5.74, 6) is -0.735. The number of hydrogen-bond donors (Lipinski definition) is 0. The van der Waals surface area contributed by atoms with Crippen LogP contribution in [0.2, 0.25) is 0 Å². The largest absolute Gasteiger partial charge is 0.262 e. The Morgan fingerprint density at radius 2 is 2.07 bits per heavy atom. The molecule has 0 aliphatic carbocycles. The van der Waals surface area contributed by atoms with Crippen LogP contribution in [0.4, 0.5) is 4.39 Å². The van der Waals surface area contributed by atoms with Crippen LogP contribution in [0, 0.1) is 24.1 Å². The van der Waals surface area contributed by atoms with Crippen LogP contribution in [0.3, 0.4) is 0 Å². The van der Waals surface area contributed by atoms with Gasteiger partial charge < -0.3 is 0 Å². The Labute approximate surface area is 85.2 Å². The number of hydrogen-bond acceptors (Lipinski definition) is 3. The van der Waals surface area contributed by atoms with Gasteiger partial charge in [-0.05, 0) is 24.6 Å². The molecule has 1 aromatic carbocycles. The Kier molecular flexibility index (Phi) is 2.79. The van der Waals surface area contributed by atoms with Crippen molar-refractivity contribution in [2.24, 2.45) is 0 Å². The Bertz CT molecular complexity index is 519. The average Bonchev–Trinajstić information content (AvgIpc) is 2.01. The van der Waals surface area contributed by atoms with Gasteiger partial charge in [0.25, 0.3) is 9.05 Å². The molecule has 0 spiro atoms. The zero-order chi connectivity index (χ0) is 10.9. The van der Waals surface area contributed by atoms with Gasteiger partial charge in [-0.3, -0.25) is 0 Å². The molecule has 1 aromatic rings. The van der Waals surface area contributed by atoms with Gasteiger partial charge in [-0.25, -0.2) is 12.8 Å². The quantitative estimate of drug-likeness (QED) is 0.697. The Balaban J connectivity index is 3.68. The topological polar surface area (TPSA) is 57.9 Å². The predicted molar refractivity (Wildman–Crippen MR) is 48.9 cm³/mol.